The molecule has 0 aliphatic carbocycles. The Morgan fingerprint density at radius 2 is 2.04 bits per heavy atom. The minimum atomic E-state index is -0.575. The Hall–Kier alpha value is -2.05. The summed E-state index contributed by atoms with van der Waals surface area (Å²) in [6.45, 7) is 7.87. The summed E-state index contributed by atoms with van der Waals surface area (Å²) < 4.78 is 7.04. The summed E-state index contributed by atoms with van der Waals surface area (Å²) in [5.74, 6) is 0.431. The van der Waals surface area contributed by atoms with Gasteiger partial charge in [0.1, 0.15) is 17.5 Å². The summed E-state index contributed by atoms with van der Waals surface area (Å²) in [6, 6.07) is 1.30. The number of hydrogen-bond donors (Lipinski definition) is 1. The van der Waals surface area contributed by atoms with Gasteiger partial charge in [-0.05, 0) is 47.0 Å². The van der Waals surface area contributed by atoms with Crippen LogP contribution in [0.2, 0.25) is 0 Å². The van der Waals surface area contributed by atoms with E-state index in [4.69, 9.17) is 4.74 Å². The van der Waals surface area contributed by atoms with Gasteiger partial charge in [-0.1, -0.05) is 0 Å². The Kier molecular flexibility index (Phi) is 4.97. The Morgan fingerprint density at radius 1 is 1.35 bits per heavy atom. The van der Waals surface area contributed by atoms with Crippen molar-refractivity contribution in [3.63, 3.8) is 0 Å². The number of rotatable bonds is 2. The molecule has 2 amide bonds. The Morgan fingerprint density at radius 3 is 2.61 bits per heavy atom. The SMILES string of the molecule is Cc1cc(NC(=O)[C@@H]2CCCCN2C(=O)OC(C)(C)C)n(C)n1. The van der Waals surface area contributed by atoms with Crippen LogP contribution in [0.25, 0.3) is 0 Å². The minimum absolute atomic E-state index is 0.196. The molecule has 1 aromatic rings. The fourth-order valence-electron chi connectivity index (χ4n) is 2.68. The predicted octanol–water partition coefficient (Wildman–Crippen LogP) is 2.46. The van der Waals surface area contributed by atoms with Crippen LogP contribution in [0.5, 0.6) is 0 Å². The highest BCUT2D eigenvalue weighted by Crippen LogP contribution is 2.22. The number of nitrogens with one attached hydrogen (secondary N) is 1. The van der Waals surface area contributed by atoms with Crippen LogP contribution in [-0.4, -0.2) is 44.9 Å². The van der Waals surface area contributed by atoms with Crippen LogP contribution < -0.4 is 5.32 Å². The van der Waals surface area contributed by atoms with Crippen LogP contribution in [0.1, 0.15) is 45.7 Å². The summed E-state index contributed by atoms with van der Waals surface area (Å²) in [4.78, 5) is 26.5. The van der Waals surface area contributed by atoms with Crippen molar-refractivity contribution >= 4 is 17.8 Å². The molecule has 7 heteroatoms. The number of carbonyl (C=O) groups excluding carboxylic acids is 2. The van der Waals surface area contributed by atoms with Crippen molar-refractivity contribution in [1.82, 2.24) is 14.7 Å². The number of likely N-dealkylation sites (tertiary alicyclic amines) is 1. The quantitative estimate of drug-likeness (QED) is 0.907. The highest BCUT2D eigenvalue weighted by molar-refractivity contribution is 5.96. The average molecular weight is 322 g/mol. The van der Waals surface area contributed by atoms with Crippen molar-refractivity contribution in [2.75, 3.05) is 11.9 Å². The van der Waals surface area contributed by atoms with E-state index in [1.54, 1.807) is 17.8 Å². The van der Waals surface area contributed by atoms with Gasteiger partial charge in [-0.25, -0.2) is 4.79 Å². The fourth-order valence-corrected chi connectivity index (χ4v) is 2.68. The molecular formula is C16H26N4O3. The Labute approximate surface area is 137 Å². The second kappa shape index (κ2) is 6.60. The molecule has 0 bridgehead atoms. The summed E-state index contributed by atoms with van der Waals surface area (Å²) in [5.41, 5.74) is 0.254. The molecule has 1 fully saturated rings. The van der Waals surface area contributed by atoms with E-state index in [1.165, 1.54) is 4.90 Å². The van der Waals surface area contributed by atoms with E-state index in [-0.39, 0.29) is 5.91 Å². The molecule has 128 valence electrons. The molecule has 0 spiro atoms. The van der Waals surface area contributed by atoms with Crippen molar-refractivity contribution in [2.24, 2.45) is 7.05 Å². The first-order valence-corrected chi connectivity index (χ1v) is 7.98. The van der Waals surface area contributed by atoms with Gasteiger partial charge in [-0.3, -0.25) is 14.4 Å². The normalized spacial score (nSPS) is 18.7. The van der Waals surface area contributed by atoms with Crippen LogP contribution in [0, 0.1) is 6.92 Å². The third-order valence-corrected chi connectivity index (χ3v) is 3.69. The number of anilines is 1. The molecule has 0 unspecified atom stereocenters. The molecule has 0 radical (unpaired) electrons. The maximum absolute atomic E-state index is 12.6. The standard InChI is InChI=1S/C16H26N4O3/c1-11-10-13(19(5)18-11)17-14(21)12-8-6-7-9-20(12)15(22)23-16(2,3)4/h10,12H,6-9H2,1-5H3,(H,17,21)/t12-/m0/s1. The summed E-state index contributed by atoms with van der Waals surface area (Å²) in [5, 5.41) is 7.07. The Bertz CT molecular complexity index is 589. The predicted molar refractivity (Wildman–Crippen MR) is 87.2 cm³/mol. The lowest BCUT2D eigenvalue weighted by Gasteiger charge is -2.35. The van der Waals surface area contributed by atoms with Gasteiger partial charge in [0.15, 0.2) is 0 Å². The molecule has 23 heavy (non-hydrogen) atoms. The molecule has 0 aromatic carbocycles. The molecule has 0 saturated carbocycles. The Balaban J connectivity index is 2.09. The lowest BCUT2D eigenvalue weighted by Crippen LogP contribution is -2.51. The van der Waals surface area contributed by atoms with Crippen molar-refractivity contribution in [1.29, 1.82) is 0 Å². The topological polar surface area (TPSA) is 76.5 Å². The fraction of sp³-hybridized carbons (Fsp3) is 0.688. The van der Waals surface area contributed by atoms with Crippen molar-refractivity contribution in [3.8, 4) is 0 Å². The lowest BCUT2D eigenvalue weighted by atomic mass is 10.0. The van der Waals surface area contributed by atoms with E-state index in [9.17, 15) is 9.59 Å². The maximum atomic E-state index is 12.6. The number of aromatic nitrogens is 2. The third kappa shape index (κ3) is 4.46. The number of piperidine rings is 1. The van der Waals surface area contributed by atoms with Gasteiger partial charge in [0, 0.05) is 19.7 Å². The van der Waals surface area contributed by atoms with Gasteiger partial charge in [0.05, 0.1) is 5.69 Å². The van der Waals surface area contributed by atoms with Crippen LogP contribution in [0.3, 0.4) is 0 Å². The van der Waals surface area contributed by atoms with Gasteiger partial charge in [-0.2, -0.15) is 5.10 Å². The monoisotopic (exact) mass is 322 g/mol. The minimum Gasteiger partial charge on any atom is -0.444 e. The zero-order valence-electron chi connectivity index (χ0n) is 14.5. The molecule has 1 aliphatic rings. The van der Waals surface area contributed by atoms with Gasteiger partial charge < -0.3 is 10.1 Å². The molecule has 1 aliphatic heterocycles. The molecular weight excluding hydrogens is 296 g/mol. The lowest BCUT2D eigenvalue weighted by molar-refractivity contribution is -0.122. The summed E-state index contributed by atoms with van der Waals surface area (Å²) in [7, 11) is 1.77. The van der Waals surface area contributed by atoms with Gasteiger partial charge in [0.2, 0.25) is 5.91 Å². The third-order valence-electron chi connectivity index (χ3n) is 3.69. The molecule has 2 heterocycles. The van der Waals surface area contributed by atoms with Gasteiger partial charge in [-0.15, -0.1) is 0 Å². The van der Waals surface area contributed by atoms with Crippen LogP contribution in [0.4, 0.5) is 10.6 Å². The second-order valence-electron chi connectivity index (χ2n) is 6.97. The molecule has 1 saturated heterocycles. The zero-order valence-corrected chi connectivity index (χ0v) is 14.5. The van der Waals surface area contributed by atoms with Gasteiger partial charge in [0.25, 0.3) is 0 Å². The van der Waals surface area contributed by atoms with Crippen molar-refractivity contribution < 1.29 is 14.3 Å². The number of amides is 2. The maximum Gasteiger partial charge on any atom is 0.410 e. The van der Waals surface area contributed by atoms with Crippen LogP contribution in [-0.2, 0) is 16.6 Å². The number of nitrogens with zero attached hydrogens (tertiary/aromatic N) is 3. The highest BCUT2D eigenvalue weighted by Gasteiger charge is 2.35. The first-order valence-electron chi connectivity index (χ1n) is 7.98. The number of hydrogen-bond acceptors (Lipinski definition) is 4. The average Bonchev–Trinajstić information content (AvgIpc) is 2.75. The van der Waals surface area contributed by atoms with Crippen LogP contribution in [0.15, 0.2) is 6.07 Å². The van der Waals surface area contributed by atoms with E-state index < -0.39 is 17.7 Å². The molecule has 1 aromatic heterocycles. The number of ether oxygens (including phenoxy) is 1. The second-order valence-corrected chi connectivity index (χ2v) is 6.97. The smallest absolute Gasteiger partial charge is 0.410 e. The van der Waals surface area contributed by atoms with E-state index in [0.29, 0.717) is 18.8 Å². The largest absolute Gasteiger partial charge is 0.444 e. The molecule has 7 nitrogen and oxygen atoms in total. The zero-order chi connectivity index (χ0) is 17.2. The molecule has 2 rings (SSSR count). The molecule has 1 N–H and O–H groups in total. The van der Waals surface area contributed by atoms with E-state index >= 15 is 0 Å². The van der Waals surface area contributed by atoms with E-state index in [1.807, 2.05) is 27.7 Å². The highest BCUT2D eigenvalue weighted by atomic mass is 16.6. The first-order chi connectivity index (χ1) is 10.7. The van der Waals surface area contributed by atoms with Crippen LogP contribution >= 0.6 is 0 Å². The van der Waals surface area contributed by atoms with Gasteiger partial charge >= 0.3 is 6.09 Å². The van der Waals surface area contributed by atoms with E-state index in [2.05, 4.69) is 10.4 Å². The number of aryl methyl sites for hydroxylation is 2. The number of carbonyl (C=O) groups is 2. The van der Waals surface area contributed by atoms with Crippen molar-refractivity contribution in [3.05, 3.63) is 11.8 Å². The van der Waals surface area contributed by atoms with E-state index in [0.717, 1.165) is 18.5 Å². The first kappa shape index (κ1) is 17.3. The summed E-state index contributed by atoms with van der Waals surface area (Å²) in [6.07, 6.45) is 2.01. The summed E-state index contributed by atoms with van der Waals surface area (Å²) >= 11 is 0. The van der Waals surface area contributed by atoms with Crippen molar-refractivity contribution in [2.45, 2.75) is 58.6 Å². The molecule has 1 atom stereocenters.